The van der Waals surface area contributed by atoms with Crippen LogP contribution < -0.4 is 0 Å². The first kappa shape index (κ1) is 35.4. The Hall–Kier alpha value is -2.03. The lowest BCUT2D eigenvalue weighted by molar-refractivity contribution is -0.146. The highest BCUT2D eigenvalue weighted by molar-refractivity contribution is 6.74. The van der Waals surface area contributed by atoms with E-state index in [1.54, 1.807) is 6.08 Å². The lowest BCUT2D eigenvalue weighted by Crippen LogP contribution is -2.47. The van der Waals surface area contributed by atoms with E-state index in [-0.39, 0.29) is 23.4 Å². The molecular formula is C36H56O6Si. The minimum absolute atomic E-state index is 0.0336. The Morgan fingerprint density at radius 2 is 1.84 bits per heavy atom. The fourth-order valence-electron chi connectivity index (χ4n) is 5.48. The predicted molar refractivity (Wildman–Crippen MR) is 177 cm³/mol. The SMILES string of the molecule is C=C1C[C@H](C)C[C@@H]2CC=C[C@@H](CC=CC(=O)O[C@H](C(C=C[C@@H]3CC(C)=CCO3)O[Si](C)(C)C(C)(C)C)CC=C[C@@H](O)C1)O2. The Kier molecular flexibility index (Phi) is 13.5. The molecule has 0 fully saturated rings. The van der Waals surface area contributed by atoms with Gasteiger partial charge in [-0.1, -0.05) is 94.0 Å². The van der Waals surface area contributed by atoms with Crippen LogP contribution in [0.1, 0.15) is 79.6 Å². The van der Waals surface area contributed by atoms with Gasteiger partial charge in [-0.05, 0) is 69.5 Å². The number of aliphatic hydroxyl groups is 1. The van der Waals surface area contributed by atoms with E-state index in [1.807, 2.05) is 18.2 Å². The summed E-state index contributed by atoms with van der Waals surface area (Å²) in [7, 11) is -2.25. The average Bonchev–Trinajstić information content (AvgIpc) is 2.89. The van der Waals surface area contributed by atoms with E-state index in [9.17, 15) is 9.90 Å². The van der Waals surface area contributed by atoms with Crippen molar-refractivity contribution in [3.05, 3.63) is 72.4 Å². The molecule has 3 aliphatic rings. The zero-order chi connectivity index (χ0) is 31.6. The van der Waals surface area contributed by atoms with Crippen molar-refractivity contribution >= 4 is 14.3 Å². The van der Waals surface area contributed by atoms with E-state index in [0.29, 0.717) is 31.8 Å². The summed E-state index contributed by atoms with van der Waals surface area (Å²) in [5.74, 6) is -0.00889. The number of carbonyl (C=O) groups is 1. The number of ether oxygens (including phenoxy) is 3. The van der Waals surface area contributed by atoms with Crippen LogP contribution in [0.4, 0.5) is 0 Å². The number of cyclic esters (lactones) is 1. The summed E-state index contributed by atoms with van der Waals surface area (Å²) in [6.45, 7) is 20.2. The Bertz CT molecular complexity index is 1080. The van der Waals surface area contributed by atoms with Crippen molar-refractivity contribution in [2.24, 2.45) is 5.92 Å². The summed E-state index contributed by atoms with van der Waals surface area (Å²) < 4.78 is 25.3. The van der Waals surface area contributed by atoms with Gasteiger partial charge in [0.2, 0.25) is 0 Å². The van der Waals surface area contributed by atoms with E-state index >= 15 is 0 Å². The molecule has 6 nitrogen and oxygen atoms in total. The van der Waals surface area contributed by atoms with Gasteiger partial charge in [-0.25, -0.2) is 4.79 Å². The van der Waals surface area contributed by atoms with Crippen molar-refractivity contribution in [1.29, 1.82) is 0 Å². The zero-order valence-electron chi connectivity index (χ0n) is 27.6. The van der Waals surface area contributed by atoms with Crippen molar-refractivity contribution < 1.29 is 28.5 Å². The van der Waals surface area contributed by atoms with Gasteiger partial charge in [0.05, 0.1) is 31.0 Å². The second kappa shape index (κ2) is 16.3. The fraction of sp³-hybridized carbons (Fsp3) is 0.639. The smallest absolute Gasteiger partial charge is 0.330 e. The third-order valence-electron chi connectivity index (χ3n) is 8.92. The molecule has 0 saturated heterocycles. The molecule has 7 atom stereocenters. The van der Waals surface area contributed by atoms with Gasteiger partial charge in [-0.3, -0.25) is 0 Å². The van der Waals surface area contributed by atoms with Crippen LogP contribution in [0.5, 0.6) is 0 Å². The summed E-state index contributed by atoms with van der Waals surface area (Å²) in [4.78, 5) is 13.2. The molecule has 7 heteroatoms. The highest BCUT2D eigenvalue weighted by Crippen LogP contribution is 2.38. The number of aliphatic hydroxyl groups excluding tert-OH is 1. The van der Waals surface area contributed by atoms with Gasteiger partial charge < -0.3 is 23.7 Å². The maximum Gasteiger partial charge on any atom is 0.330 e. The Balaban J connectivity index is 1.89. The van der Waals surface area contributed by atoms with Gasteiger partial charge in [-0.2, -0.15) is 0 Å². The number of rotatable bonds is 5. The Labute approximate surface area is 261 Å². The summed E-state index contributed by atoms with van der Waals surface area (Å²) in [5.41, 5.74) is 2.32. The van der Waals surface area contributed by atoms with Crippen molar-refractivity contribution in [2.75, 3.05) is 6.61 Å². The van der Waals surface area contributed by atoms with Gasteiger partial charge in [0, 0.05) is 12.5 Å². The normalized spacial score (nSPS) is 31.3. The Morgan fingerprint density at radius 3 is 2.56 bits per heavy atom. The third-order valence-corrected chi connectivity index (χ3v) is 13.4. The number of esters is 1. The van der Waals surface area contributed by atoms with Crippen molar-refractivity contribution in [1.82, 2.24) is 0 Å². The first-order chi connectivity index (χ1) is 20.2. The minimum Gasteiger partial charge on any atom is -0.456 e. The second-order valence-corrected chi connectivity index (χ2v) is 18.9. The van der Waals surface area contributed by atoms with Gasteiger partial charge >= 0.3 is 5.97 Å². The van der Waals surface area contributed by atoms with E-state index < -0.39 is 32.6 Å². The van der Waals surface area contributed by atoms with E-state index in [2.05, 4.69) is 78.6 Å². The van der Waals surface area contributed by atoms with Crippen LogP contribution in [0.2, 0.25) is 18.1 Å². The number of hydrogen-bond donors (Lipinski definition) is 1. The van der Waals surface area contributed by atoms with E-state index in [0.717, 1.165) is 31.3 Å². The zero-order valence-corrected chi connectivity index (χ0v) is 28.6. The molecule has 0 aromatic heterocycles. The molecule has 2 bridgehead atoms. The molecule has 0 amide bonds. The van der Waals surface area contributed by atoms with E-state index in [1.165, 1.54) is 11.6 Å². The highest BCUT2D eigenvalue weighted by Gasteiger charge is 2.41. The van der Waals surface area contributed by atoms with Crippen LogP contribution >= 0.6 is 0 Å². The number of carbonyl (C=O) groups excluding carboxylic acids is 1. The highest BCUT2D eigenvalue weighted by atomic mass is 28.4. The molecule has 0 spiro atoms. The maximum absolute atomic E-state index is 13.2. The third kappa shape index (κ3) is 12.1. The lowest BCUT2D eigenvalue weighted by atomic mass is 9.91. The van der Waals surface area contributed by atoms with Gasteiger partial charge in [0.15, 0.2) is 8.32 Å². The van der Waals surface area contributed by atoms with Crippen molar-refractivity contribution in [3.8, 4) is 0 Å². The predicted octanol–water partition coefficient (Wildman–Crippen LogP) is 7.92. The lowest BCUT2D eigenvalue weighted by Gasteiger charge is -2.40. The minimum atomic E-state index is -2.25. The first-order valence-corrected chi connectivity index (χ1v) is 19.0. The molecule has 3 heterocycles. The largest absolute Gasteiger partial charge is 0.456 e. The molecular weight excluding hydrogens is 556 g/mol. The topological polar surface area (TPSA) is 74.2 Å². The Morgan fingerprint density at radius 1 is 1.09 bits per heavy atom. The standard InChI is InChI=1S/C36H56O6Si/c1-26-20-21-39-31(24-26)18-19-34(42-43(7,8)36(4,5)6)33-16-9-12-29(37)23-27(2)22-28(3)25-32-15-10-13-30(40-32)14-11-17-35(38)41-33/h9-13,17-20,28-34,37H,2,14-16,21-25H2,1,3-8H3/t28-,29+,30-,31+,32-,33-,34?/m0/s1. The summed E-state index contributed by atoms with van der Waals surface area (Å²) in [6, 6.07) is 0. The second-order valence-electron chi connectivity index (χ2n) is 14.2. The molecule has 1 unspecified atom stereocenters. The molecule has 1 N–H and O–H groups in total. The van der Waals surface area contributed by atoms with Crippen LogP contribution in [0.25, 0.3) is 0 Å². The van der Waals surface area contributed by atoms with Gasteiger partial charge in [-0.15, -0.1) is 0 Å². The fourth-order valence-corrected chi connectivity index (χ4v) is 6.75. The maximum atomic E-state index is 13.2. The van der Waals surface area contributed by atoms with Crippen molar-refractivity contribution in [3.63, 3.8) is 0 Å². The molecule has 0 saturated carbocycles. The first-order valence-electron chi connectivity index (χ1n) is 16.1. The molecule has 0 radical (unpaired) electrons. The average molecular weight is 613 g/mol. The molecule has 3 aliphatic heterocycles. The molecule has 0 aliphatic carbocycles. The van der Waals surface area contributed by atoms with E-state index in [4.69, 9.17) is 18.6 Å². The van der Waals surface area contributed by atoms with Crippen LogP contribution in [-0.4, -0.2) is 62.6 Å². The summed E-state index contributed by atoms with van der Waals surface area (Å²) in [5, 5.41) is 10.8. The number of fused-ring (bicyclic) bond motifs is 2. The quantitative estimate of drug-likeness (QED) is 0.193. The summed E-state index contributed by atoms with van der Waals surface area (Å²) >= 11 is 0. The number of hydrogen-bond acceptors (Lipinski definition) is 6. The monoisotopic (exact) mass is 612 g/mol. The van der Waals surface area contributed by atoms with Crippen molar-refractivity contribution in [2.45, 2.75) is 134 Å². The molecule has 0 aromatic rings. The van der Waals surface area contributed by atoms with Crippen LogP contribution in [0.3, 0.4) is 0 Å². The molecule has 0 aromatic carbocycles. The molecule has 3 rings (SSSR count). The summed E-state index contributed by atoms with van der Waals surface area (Å²) in [6.07, 6.45) is 20.8. The van der Waals surface area contributed by atoms with Gasteiger partial charge in [0.25, 0.3) is 0 Å². The molecule has 240 valence electrons. The van der Waals surface area contributed by atoms with Crippen LogP contribution in [-0.2, 0) is 23.4 Å². The molecule has 43 heavy (non-hydrogen) atoms. The van der Waals surface area contributed by atoms with Crippen LogP contribution in [0, 0.1) is 5.92 Å². The van der Waals surface area contributed by atoms with Crippen LogP contribution in [0.15, 0.2) is 72.4 Å². The van der Waals surface area contributed by atoms with Gasteiger partial charge in [0.1, 0.15) is 12.2 Å².